The molecule has 150 valence electrons. The first kappa shape index (κ1) is 21.1. The Morgan fingerprint density at radius 1 is 1.18 bits per heavy atom. The number of carbonyl (C=O) groups excluding carboxylic acids is 2. The van der Waals surface area contributed by atoms with Crippen molar-refractivity contribution in [2.24, 2.45) is 5.92 Å². The third-order valence-corrected chi connectivity index (χ3v) is 3.77. The minimum Gasteiger partial charge on any atom is -0.480 e. The van der Waals surface area contributed by atoms with E-state index < -0.39 is 23.8 Å². The Morgan fingerprint density at radius 2 is 1.86 bits per heavy atom. The number of amides is 2. The summed E-state index contributed by atoms with van der Waals surface area (Å²) in [6.07, 6.45) is 1.48. The lowest BCUT2D eigenvalue weighted by Gasteiger charge is -2.16. The van der Waals surface area contributed by atoms with Crippen LogP contribution in [0, 0.1) is 11.7 Å². The van der Waals surface area contributed by atoms with Crippen LogP contribution in [-0.4, -0.2) is 40.5 Å². The zero-order chi connectivity index (χ0) is 20.7. The molecule has 0 saturated heterocycles. The zero-order valence-corrected chi connectivity index (χ0v) is 15.6. The maximum atomic E-state index is 12.9. The van der Waals surface area contributed by atoms with Crippen LogP contribution >= 0.6 is 0 Å². The van der Waals surface area contributed by atoms with E-state index >= 15 is 0 Å². The molecule has 1 aromatic heterocycles. The fraction of sp³-hybridized carbons (Fsp3) is 0.368. The van der Waals surface area contributed by atoms with Gasteiger partial charge >= 0.3 is 5.97 Å². The number of hydrogen-bond donors (Lipinski definition) is 3. The van der Waals surface area contributed by atoms with Crippen LogP contribution in [0.5, 0.6) is 0 Å². The SMILES string of the molecule is CC(C)C[C@H](NC(=O)CNC(=O)Cc1coc(-c2ccc(F)cc2)n1)C(=O)O. The molecule has 0 aliphatic heterocycles. The van der Waals surface area contributed by atoms with E-state index in [2.05, 4.69) is 15.6 Å². The van der Waals surface area contributed by atoms with Gasteiger partial charge in [-0.05, 0) is 36.6 Å². The Bertz CT molecular complexity index is 832. The molecule has 3 N–H and O–H groups in total. The van der Waals surface area contributed by atoms with Crippen LogP contribution in [0.25, 0.3) is 11.5 Å². The summed E-state index contributed by atoms with van der Waals surface area (Å²) in [6.45, 7) is 3.35. The molecular weight excluding hydrogens is 369 g/mol. The molecule has 0 unspecified atom stereocenters. The van der Waals surface area contributed by atoms with Gasteiger partial charge in [0, 0.05) is 5.56 Å². The van der Waals surface area contributed by atoms with Crippen LogP contribution in [-0.2, 0) is 20.8 Å². The highest BCUT2D eigenvalue weighted by Gasteiger charge is 2.21. The number of nitrogens with one attached hydrogen (secondary N) is 2. The van der Waals surface area contributed by atoms with Gasteiger partial charge < -0.3 is 20.2 Å². The van der Waals surface area contributed by atoms with Crippen molar-refractivity contribution in [1.82, 2.24) is 15.6 Å². The number of hydrogen-bond acceptors (Lipinski definition) is 5. The molecule has 0 saturated carbocycles. The fourth-order valence-corrected chi connectivity index (χ4v) is 2.46. The summed E-state index contributed by atoms with van der Waals surface area (Å²) in [5.41, 5.74) is 0.915. The van der Waals surface area contributed by atoms with E-state index in [-0.39, 0.29) is 30.6 Å². The van der Waals surface area contributed by atoms with E-state index in [4.69, 9.17) is 9.52 Å². The fourth-order valence-electron chi connectivity index (χ4n) is 2.46. The second kappa shape index (κ2) is 9.63. The monoisotopic (exact) mass is 391 g/mol. The summed E-state index contributed by atoms with van der Waals surface area (Å²) >= 11 is 0. The Hall–Kier alpha value is -3.23. The van der Waals surface area contributed by atoms with Crippen LogP contribution in [0.15, 0.2) is 34.9 Å². The summed E-state index contributed by atoms with van der Waals surface area (Å²) in [5.74, 6) is -2.22. The molecule has 0 aliphatic carbocycles. The van der Waals surface area contributed by atoms with E-state index in [1.807, 2.05) is 13.8 Å². The van der Waals surface area contributed by atoms with Crippen molar-refractivity contribution >= 4 is 17.8 Å². The standard InChI is InChI=1S/C19H22FN3O5/c1-11(2)7-15(19(26)27)23-17(25)9-21-16(24)8-14-10-28-18(22-14)12-3-5-13(20)6-4-12/h3-6,10-11,15H,7-9H2,1-2H3,(H,21,24)(H,23,25)(H,26,27)/t15-/m0/s1. The van der Waals surface area contributed by atoms with E-state index in [1.165, 1.54) is 30.5 Å². The molecule has 2 aromatic rings. The van der Waals surface area contributed by atoms with Gasteiger partial charge in [-0.15, -0.1) is 0 Å². The Kier molecular flexibility index (Phi) is 7.25. The molecule has 8 nitrogen and oxygen atoms in total. The van der Waals surface area contributed by atoms with Crippen LogP contribution < -0.4 is 10.6 Å². The predicted molar refractivity (Wildman–Crippen MR) is 97.6 cm³/mol. The maximum absolute atomic E-state index is 12.9. The Labute approximate surface area is 161 Å². The average Bonchev–Trinajstić information content (AvgIpc) is 3.08. The van der Waals surface area contributed by atoms with Crippen molar-refractivity contribution in [3.63, 3.8) is 0 Å². The summed E-state index contributed by atoms with van der Waals surface area (Å²) in [4.78, 5) is 39.1. The van der Waals surface area contributed by atoms with E-state index in [0.717, 1.165) is 0 Å². The smallest absolute Gasteiger partial charge is 0.326 e. The predicted octanol–water partition coefficient (Wildman–Crippen LogP) is 1.75. The number of halogens is 1. The first-order valence-corrected chi connectivity index (χ1v) is 8.73. The number of carboxylic acid groups (broad SMARTS) is 1. The maximum Gasteiger partial charge on any atom is 0.326 e. The first-order valence-electron chi connectivity index (χ1n) is 8.73. The first-order chi connectivity index (χ1) is 13.2. The largest absolute Gasteiger partial charge is 0.480 e. The number of carbonyl (C=O) groups is 3. The summed E-state index contributed by atoms with van der Waals surface area (Å²) < 4.78 is 18.2. The highest BCUT2D eigenvalue weighted by molar-refractivity contribution is 5.88. The van der Waals surface area contributed by atoms with Gasteiger partial charge in [0.15, 0.2) is 0 Å². The molecule has 2 rings (SSSR count). The zero-order valence-electron chi connectivity index (χ0n) is 15.6. The van der Waals surface area contributed by atoms with Crippen molar-refractivity contribution in [1.29, 1.82) is 0 Å². The molecular formula is C19H22FN3O5. The van der Waals surface area contributed by atoms with Gasteiger partial charge in [0.1, 0.15) is 18.1 Å². The normalized spacial score (nSPS) is 11.9. The van der Waals surface area contributed by atoms with Gasteiger partial charge in [0.05, 0.1) is 18.7 Å². The summed E-state index contributed by atoms with van der Waals surface area (Å²) in [5, 5.41) is 13.9. The van der Waals surface area contributed by atoms with Crippen LogP contribution in [0.3, 0.4) is 0 Å². The van der Waals surface area contributed by atoms with E-state index in [0.29, 0.717) is 17.7 Å². The van der Waals surface area contributed by atoms with Crippen LogP contribution in [0.1, 0.15) is 26.0 Å². The minimum atomic E-state index is -1.12. The van der Waals surface area contributed by atoms with Gasteiger partial charge in [-0.1, -0.05) is 13.8 Å². The van der Waals surface area contributed by atoms with Crippen molar-refractivity contribution in [2.75, 3.05) is 6.54 Å². The molecule has 1 aromatic carbocycles. The molecule has 0 fully saturated rings. The average molecular weight is 391 g/mol. The quantitative estimate of drug-likeness (QED) is 0.599. The molecule has 2 amide bonds. The molecule has 1 heterocycles. The van der Waals surface area contributed by atoms with Gasteiger partial charge in [0.25, 0.3) is 0 Å². The number of rotatable bonds is 9. The molecule has 0 radical (unpaired) electrons. The highest BCUT2D eigenvalue weighted by atomic mass is 19.1. The summed E-state index contributed by atoms with van der Waals surface area (Å²) in [6, 6.07) is 4.55. The Morgan fingerprint density at radius 3 is 2.46 bits per heavy atom. The number of carboxylic acids is 1. The topological polar surface area (TPSA) is 122 Å². The molecule has 0 bridgehead atoms. The minimum absolute atomic E-state index is 0.0958. The van der Waals surface area contributed by atoms with E-state index in [9.17, 15) is 18.8 Å². The number of oxazole rings is 1. The lowest BCUT2D eigenvalue weighted by molar-refractivity contribution is -0.142. The third-order valence-electron chi connectivity index (χ3n) is 3.77. The molecule has 0 aliphatic rings. The second-order valence-electron chi connectivity index (χ2n) is 6.69. The molecule has 0 spiro atoms. The van der Waals surface area contributed by atoms with Crippen LogP contribution in [0.2, 0.25) is 0 Å². The van der Waals surface area contributed by atoms with Gasteiger partial charge in [-0.2, -0.15) is 0 Å². The van der Waals surface area contributed by atoms with E-state index in [1.54, 1.807) is 0 Å². The van der Waals surface area contributed by atoms with Crippen molar-refractivity contribution in [3.05, 3.63) is 42.0 Å². The lowest BCUT2D eigenvalue weighted by atomic mass is 10.0. The molecule has 9 heteroatoms. The Balaban J connectivity index is 1.83. The van der Waals surface area contributed by atoms with Crippen molar-refractivity contribution in [3.8, 4) is 11.5 Å². The molecule has 1 atom stereocenters. The summed E-state index contributed by atoms with van der Waals surface area (Å²) in [7, 11) is 0. The number of nitrogens with zero attached hydrogens (tertiary/aromatic N) is 1. The second-order valence-corrected chi connectivity index (χ2v) is 6.69. The third kappa shape index (κ3) is 6.49. The van der Waals surface area contributed by atoms with Crippen LogP contribution in [0.4, 0.5) is 4.39 Å². The lowest BCUT2D eigenvalue weighted by Crippen LogP contribution is -2.46. The van der Waals surface area contributed by atoms with Gasteiger partial charge in [-0.25, -0.2) is 14.2 Å². The van der Waals surface area contributed by atoms with Gasteiger partial charge in [-0.3, -0.25) is 9.59 Å². The highest BCUT2D eigenvalue weighted by Crippen LogP contribution is 2.19. The van der Waals surface area contributed by atoms with Gasteiger partial charge in [0.2, 0.25) is 17.7 Å². The number of benzene rings is 1. The van der Waals surface area contributed by atoms with Crippen molar-refractivity contribution < 1.29 is 28.3 Å². The van der Waals surface area contributed by atoms with Crippen molar-refractivity contribution in [2.45, 2.75) is 32.7 Å². The molecule has 28 heavy (non-hydrogen) atoms. The number of aromatic nitrogens is 1. The number of aliphatic carboxylic acids is 1.